The van der Waals surface area contributed by atoms with Gasteiger partial charge in [0.05, 0.1) is 11.9 Å². The highest BCUT2D eigenvalue weighted by Gasteiger charge is 2.12. The van der Waals surface area contributed by atoms with E-state index in [0.717, 1.165) is 23.7 Å². The molecule has 0 saturated heterocycles. The summed E-state index contributed by atoms with van der Waals surface area (Å²) in [5.74, 6) is 0.798. The lowest BCUT2D eigenvalue weighted by Gasteiger charge is -2.18. The van der Waals surface area contributed by atoms with Crippen molar-refractivity contribution in [3.63, 3.8) is 0 Å². The predicted molar refractivity (Wildman–Crippen MR) is 79.4 cm³/mol. The lowest BCUT2D eigenvalue weighted by atomic mass is 10.3. The van der Waals surface area contributed by atoms with Crippen molar-refractivity contribution >= 4 is 11.5 Å². The second kappa shape index (κ2) is 5.52. The normalized spacial score (nSPS) is 21.6. The summed E-state index contributed by atoms with van der Waals surface area (Å²) in [6.45, 7) is 2.69. The Hall–Kier alpha value is -2.69. The molecule has 3 rings (SSSR count). The number of fused-ring (bicyclic) bond motifs is 1. The maximum Gasteiger partial charge on any atom is 0.199 e. The number of aryl methyl sites for hydroxylation is 1. The minimum atomic E-state index is 0.729. The maximum absolute atomic E-state index is 4.50. The molecule has 2 aromatic heterocycles. The number of rotatable bonds is 1. The van der Waals surface area contributed by atoms with E-state index >= 15 is 0 Å². The van der Waals surface area contributed by atoms with E-state index in [9.17, 15) is 0 Å². The van der Waals surface area contributed by atoms with Crippen molar-refractivity contribution in [2.24, 2.45) is 0 Å². The van der Waals surface area contributed by atoms with Crippen LogP contribution >= 0.6 is 0 Å². The van der Waals surface area contributed by atoms with Crippen LogP contribution in [0.2, 0.25) is 0 Å². The zero-order chi connectivity index (χ0) is 13.8. The fourth-order valence-electron chi connectivity index (χ4n) is 2.00. The van der Waals surface area contributed by atoms with Gasteiger partial charge in [-0.15, -0.1) is 0 Å². The summed E-state index contributed by atoms with van der Waals surface area (Å²) < 4.78 is 1.80. The quantitative estimate of drug-likeness (QED) is 0.794. The Morgan fingerprint density at radius 2 is 1.80 bits per heavy atom. The van der Waals surface area contributed by atoms with Gasteiger partial charge in [0.25, 0.3) is 0 Å². The van der Waals surface area contributed by atoms with Gasteiger partial charge in [0, 0.05) is 12.7 Å². The number of hydrogen-bond acceptors (Lipinski definition) is 4. The summed E-state index contributed by atoms with van der Waals surface area (Å²) >= 11 is 0. The standard InChI is InChI=1S/C15H15N5/c1-13-11-16-14(15-17-12-18-20(13)15)19-9-7-5-3-2-4-6-8-10-19/h2-9,11-12H,10H2,1H3/b4-2-,5-3-,8-6-,9-7-. The van der Waals surface area contributed by atoms with Crippen molar-refractivity contribution in [1.82, 2.24) is 19.6 Å². The van der Waals surface area contributed by atoms with Crippen LogP contribution < -0.4 is 4.90 Å². The molecule has 5 heteroatoms. The highest BCUT2D eigenvalue weighted by atomic mass is 15.3. The summed E-state index contributed by atoms with van der Waals surface area (Å²) in [6, 6.07) is 0. The Morgan fingerprint density at radius 1 is 1.00 bits per heavy atom. The van der Waals surface area contributed by atoms with Crippen LogP contribution in [0.1, 0.15) is 5.69 Å². The SMILES string of the molecule is Cc1cnc(N2\C=C/C=C\C=C/C=C\C2)c2ncnn12. The van der Waals surface area contributed by atoms with Crippen molar-refractivity contribution in [1.29, 1.82) is 0 Å². The molecule has 0 bridgehead atoms. The zero-order valence-electron chi connectivity index (χ0n) is 11.2. The van der Waals surface area contributed by atoms with Crippen LogP contribution in [0.15, 0.2) is 61.3 Å². The monoisotopic (exact) mass is 265 g/mol. The molecule has 5 nitrogen and oxygen atoms in total. The Morgan fingerprint density at radius 3 is 2.70 bits per heavy atom. The van der Waals surface area contributed by atoms with E-state index in [1.165, 1.54) is 0 Å². The van der Waals surface area contributed by atoms with Gasteiger partial charge in [-0.2, -0.15) is 5.10 Å². The van der Waals surface area contributed by atoms with Crippen molar-refractivity contribution < 1.29 is 0 Å². The molecule has 0 radical (unpaired) electrons. The van der Waals surface area contributed by atoms with E-state index in [0.29, 0.717) is 0 Å². The summed E-state index contributed by atoms with van der Waals surface area (Å²) in [5.41, 5.74) is 1.73. The molecule has 0 N–H and O–H groups in total. The number of aromatic nitrogens is 4. The molecule has 0 saturated carbocycles. The second-order valence-electron chi connectivity index (χ2n) is 4.41. The summed E-state index contributed by atoms with van der Waals surface area (Å²) in [5, 5.41) is 4.22. The Kier molecular flexibility index (Phi) is 3.41. The average Bonchev–Trinajstić information content (AvgIpc) is 2.96. The van der Waals surface area contributed by atoms with Gasteiger partial charge >= 0.3 is 0 Å². The number of anilines is 1. The van der Waals surface area contributed by atoms with E-state index in [4.69, 9.17) is 0 Å². The van der Waals surface area contributed by atoms with Gasteiger partial charge in [-0.25, -0.2) is 14.5 Å². The Labute approximate surface area is 117 Å². The first-order valence-corrected chi connectivity index (χ1v) is 6.45. The number of nitrogens with zero attached hydrogens (tertiary/aromatic N) is 5. The first-order chi connectivity index (χ1) is 9.86. The van der Waals surface area contributed by atoms with E-state index in [1.54, 1.807) is 10.8 Å². The first kappa shape index (κ1) is 12.3. The molecule has 0 aromatic carbocycles. The molecule has 20 heavy (non-hydrogen) atoms. The molecular weight excluding hydrogens is 250 g/mol. The highest BCUT2D eigenvalue weighted by Crippen LogP contribution is 2.18. The molecular formula is C15H15N5. The van der Waals surface area contributed by atoms with Crippen molar-refractivity contribution in [2.75, 3.05) is 11.4 Å². The molecule has 0 spiro atoms. The largest absolute Gasteiger partial charge is 0.326 e. The van der Waals surface area contributed by atoms with Gasteiger partial charge in [0.2, 0.25) is 0 Å². The molecule has 0 atom stereocenters. The summed E-state index contributed by atoms with van der Waals surface area (Å²) in [7, 11) is 0. The summed E-state index contributed by atoms with van der Waals surface area (Å²) in [6.07, 6.45) is 19.4. The van der Waals surface area contributed by atoms with Gasteiger partial charge in [-0.3, -0.25) is 0 Å². The Balaban J connectivity index is 2.04. The predicted octanol–water partition coefficient (Wildman–Crippen LogP) is 2.44. The van der Waals surface area contributed by atoms with Crippen molar-refractivity contribution in [2.45, 2.75) is 6.92 Å². The lowest BCUT2D eigenvalue weighted by Crippen LogP contribution is -2.18. The molecule has 1 aliphatic heterocycles. The second-order valence-corrected chi connectivity index (χ2v) is 4.41. The van der Waals surface area contributed by atoms with Crippen LogP contribution in [0.4, 0.5) is 5.82 Å². The van der Waals surface area contributed by atoms with Gasteiger partial charge in [-0.1, -0.05) is 36.5 Å². The minimum Gasteiger partial charge on any atom is -0.326 e. The van der Waals surface area contributed by atoms with E-state index in [1.807, 2.05) is 60.7 Å². The topological polar surface area (TPSA) is 46.3 Å². The van der Waals surface area contributed by atoms with E-state index < -0.39 is 0 Å². The van der Waals surface area contributed by atoms with Crippen molar-refractivity contribution in [3.8, 4) is 0 Å². The third-order valence-electron chi connectivity index (χ3n) is 2.99. The molecule has 1 aliphatic rings. The molecule has 0 amide bonds. The van der Waals surface area contributed by atoms with Crippen LogP contribution in [-0.2, 0) is 0 Å². The van der Waals surface area contributed by atoms with Crippen LogP contribution in [0, 0.1) is 6.92 Å². The van der Waals surface area contributed by atoms with E-state index in [-0.39, 0.29) is 0 Å². The van der Waals surface area contributed by atoms with Gasteiger partial charge in [0.1, 0.15) is 6.33 Å². The molecule has 0 unspecified atom stereocenters. The minimum absolute atomic E-state index is 0.729. The molecule has 2 aromatic rings. The van der Waals surface area contributed by atoms with Gasteiger partial charge < -0.3 is 4.90 Å². The van der Waals surface area contributed by atoms with Gasteiger partial charge in [-0.05, 0) is 13.0 Å². The third-order valence-corrected chi connectivity index (χ3v) is 2.99. The molecule has 3 heterocycles. The maximum atomic E-state index is 4.50. The zero-order valence-corrected chi connectivity index (χ0v) is 11.2. The molecule has 100 valence electrons. The van der Waals surface area contributed by atoms with Crippen LogP contribution in [0.5, 0.6) is 0 Å². The number of allylic oxidation sites excluding steroid dienone is 6. The summed E-state index contributed by atoms with van der Waals surface area (Å²) in [4.78, 5) is 10.9. The van der Waals surface area contributed by atoms with Crippen LogP contribution in [0.25, 0.3) is 5.65 Å². The highest BCUT2D eigenvalue weighted by molar-refractivity contribution is 5.65. The fraction of sp³-hybridized carbons (Fsp3) is 0.133. The van der Waals surface area contributed by atoms with Crippen LogP contribution in [-0.4, -0.2) is 26.1 Å². The van der Waals surface area contributed by atoms with Gasteiger partial charge in [0.15, 0.2) is 11.5 Å². The molecule has 0 fully saturated rings. The fourth-order valence-corrected chi connectivity index (χ4v) is 2.00. The smallest absolute Gasteiger partial charge is 0.199 e. The van der Waals surface area contributed by atoms with Crippen LogP contribution in [0.3, 0.4) is 0 Å². The third kappa shape index (κ3) is 2.38. The first-order valence-electron chi connectivity index (χ1n) is 6.45. The van der Waals surface area contributed by atoms with E-state index in [2.05, 4.69) is 21.1 Å². The number of hydrogen-bond donors (Lipinski definition) is 0. The molecule has 0 aliphatic carbocycles. The van der Waals surface area contributed by atoms with Crippen molar-refractivity contribution in [3.05, 3.63) is 67.0 Å². The lowest BCUT2D eigenvalue weighted by molar-refractivity contribution is 0.887. The Bertz CT molecular complexity index is 721. The average molecular weight is 265 g/mol.